The number of halogens is 1. The minimum absolute atomic E-state index is 0. The number of rotatable bonds is 3. The summed E-state index contributed by atoms with van der Waals surface area (Å²) in [6, 6.07) is 6.49. The van der Waals surface area contributed by atoms with Crippen LogP contribution in [0, 0.1) is 0 Å². The predicted molar refractivity (Wildman–Crippen MR) is 93.1 cm³/mol. The minimum Gasteiger partial charge on any atom is -0.508 e. The molecule has 0 aliphatic carbocycles. The number of nitrogens with two attached hydrogens (primary N) is 1. The van der Waals surface area contributed by atoms with Gasteiger partial charge in [-0.1, -0.05) is 6.07 Å². The number of phenols is 1. The van der Waals surface area contributed by atoms with Gasteiger partial charge in [-0.25, -0.2) is 4.98 Å². The Balaban J connectivity index is 0.00000192. The van der Waals surface area contributed by atoms with Crippen LogP contribution in [0.4, 0.5) is 5.13 Å². The highest BCUT2D eigenvalue weighted by atomic mass is 35.5. The van der Waals surface area contributed by atoms with Crippen molar-refractivity contribution in [3.63, 3.8) is 0 Å². The van der Waals surface area contributed by atoms with Crippen molar-refractivity contribution < 1.29 is 9.90 Å². The largest absolute Gasteiger partial charge is 0.508 e. The van der Waals surface area contributed by atoms with Gasteiger partial charge in [0.15, 0.2) is 5.13 Å². The van der Waals surface area contributed by atoms with E-state index in [9.17, 15) is 9.90 Å². The molecule has 1 aliphatic heterocycles. The van der Waals surface area contributed by atoms with Crippen molar-refractivity contribution in [2.75, 3.05) is 31.9 Å². The van der Waals surface area contributed by atoms with Gasteiger partial charge in [0.2, 0.25) is 0 Å². The lowest BCUT2D eigenvalue weighted by molar-refractivity contribution is 0.0629. The molecule has 0 radical (unpaired) electrons. The van der Waals surface area contributed by atoms with E-state index >= 15 is 0 Å². The molecule has 0 unspecified atom stereocenters. The highest BCUT2D eigenvalue weighted by Crippen LogP contribution is 2.18. The highest BCUT2D eigenvalue weighted by molar-refractivity contribution is 7.15. The standard InChI is InChI=1S/C15H18N4O2S.ClH/c16-15-17-9-13(22-15)10-18-4-6-19(7-5-18)14(21)11-2-1-3-12(20)8-11;/h1-3,8-9,20H,4-7,10H2,(H2,16,17);1H. The fourth-order valence-corrected chi connectivity index (χ4v) is 3.27. The Morgan fingerprint density at radius 2 is 2.04 bits per heavy atom. The van der Waals surface area contributed by atoms with Crippen LogP contribution < -0.4 is 5.73 Å². The van der Waals surface area contributed by atoms with E-state index in [0.29, 0.717) is 23.8 Å². The second-order valence-corrected chi connectivity index (χ2v) is 6.43. The Morgan fingerprint density at radius 1 is 1.30 bits per heavy atom. The molecule has 3 rings (SSSR count). The number of aromatic nitrogens is 1. The van der Waals surface area contributed by atoms with E-state index in [4.69, 9.17) is 5.73 Å². The van der Waals surface area contributed by atoms with E-state index in [1.54, 1.807) is 18.2 Å². The number of carbonyl (C=O) groups excluding carboxylic acids is 1. The fraction of sp³-hybridized carbons (Fsp3) is 0.333. The molecule has 1 aromatic heterocycles. The summed E-state index contributed by atoms with van der Waals surface area (Å²) < 4.78 is 0. The third kappa shape index (κ3) is 4.34. The van der Waals surface area contributed by atoms with Crippen LogP contribution in [0.2, 0.25) is 0 Å². The van der Waals surface area contributed by atoms with E-state index in [-0.39, 0.29) is 24.1 Å². The number of hydrogen-bond donors (Lipinski definition) is 2. The number of anilines is 1. The van der Waals surface area contributed by atoms with Gasteiger partial charge >= 0.3 is 0 Å². The molecule has 0 saturated carbocycles. The summed E-state index contributed by atoms with van der Waals surface area (Å²) in [4.78, 5) is 21.7. The summed E-state index contributed by atoms with van der Waals surface area (Å²) in [6.45, 7) is 3.83. The van der Waals surface area contributed by atoms with Gasteiger partial charge in [0, 0.05) is 49.4 Å². The molecule has 1 aliphatic rings. The number of nitrogens with zero attached hydrogens (tertiary/aromatic N) is 3. The summed E-state index contributed by atoms with van der Waals surface area (Å²) in [5, 5.41) is 10.1. The van der Waals surface area contributed by atoms with Crippen LogP contribution in [-0.2, 0) is 6.54 Å². The van der Waals surface area contributed by atoms with Crippen molar-refractivity contribution in [1.29, 1.82) is 0 Å². The van der Waals surface area contributed by atoms with Gasteiger partial charge in [-0.3, -0.25) is 9.69 Å². The van der Waals surface area contributed by atoms with Crippen LogP contribution in [0.5, 0.6) is 5.75 Å². The van der Waals surface area contributed by atoms with Crippen LogP contribution in [-0.4, -0.2) is 52.0 Å². The Kier molecular flexibility index (Phi) is 5.81. The first-order valence-corrected chi connectivity index (χ1v) is 7.94. The zero-order valence-electron chi connectivity index (χ0n) is 12.5. The molecule has 3 N–H and O–H groups in total. The molecule has 1 amide bonds. The number of phenolic OH excluding ortho intramolecular Hbond substituents is 1. The predicted octanol–water partition coefficient (Wildman–Crippen LogP) is 1.81. The van der Waals surface area contributed by atoms with Crippen molar-refractivity contribution in [3.05, 3.63) is 40.9 Å². The van der Waals surface area contributed by atoms with Crippen molar-refractivity contribution in [2.45, 2.75) is 6.54 Å². The van der Waals surface area contributed by atoms with Crippen LogP contribution in [0.1, 0.15) is 15.2 Å². The highest BCUT2D eigenvalue weighted by Gasteiger charge is 2.22. The molecule has 6 nitrogen and oxygen atoms in total. The van der Waals surface area contributed by atoms with E-state index < -0.39 is 0 Å². The van der Waals surface area contributed by atoms with Crippen molar-refractivity contribution in [3.8, 4) is 5.75 Å². The normalized spacial score (nSPS) is 15.2. The Bertz CT molecular complexity index is 671. The van der Waals surface area contributed by atoms with Crippen molar-refractivity contribution >= 4 is 34.8 Å². The van der Waals surface area contributed by atoms with E-state index in [1.165, 1.54) is 17.4 Å². The van der Waals surface area contributed by atoms with Gasteiger partial charge in [-0.05, 0) is 18.2 Å². The number of benzene rings is 1. The Hall–Kier alpha value is -1.83. The summed E-state index contributed by atoms with van der Waals surface area (Å²) in [6.07, 6.45) is 1.81. The Morgan fingerprint density at radius 3 is 2.65 bits per heavy atom. The summed E-state index contributed by atoms with van der Waals surface area (Å²) in [5.74, 6) is 0.0878. The summed E-state index contributed by atoms with van der Waals surface area (Å²) >= 11 is 1.50. The van der Waals surface area contributed by atoms with Gasteiger partial charge in [-0.15, -0.1) is 23.7 Å². The third-order valence-corrected chi connectivity index (χ3v) is 4.51. The molecule has 23 heavy (non-hydrogen) atoms. The number of thiazole rings is 1. The van der Waals surface area contributed by atoms with Crippen LogP contribution in [0.25, 0.3) is 0 Å². The van der Waals surface area contributed by atoms with Crippen molar-refractivity contribution in [2.24, 2.45) is 0 Å². The number of carbonyl (C=O) groups is 1. The molecule has 0 atom stereocenters. The third-order valence-electron chi connectivity index (χ3n) is 3.70. The summed E-state index contributed by atoms with van der Waals surface area (Å²) in [5.41, 5.74) is 6.17. The van der Waals surface area contributed by atoms with Gasteiger partial charge in [0.1, 0.15) is 5.75 Å². The number of piperazine rings is 1. The number of amides is 1. The molecule has 2 aromatic rings. The van der Waals surface area contributed by atoms with E-state index in [0.717, 1.165) is 24.5 Å². The van der Waals surface area contributed by atoms with Gasteiger partial charge < -0.3 is 15.7 Å². The molecular weight excluding hydrogens is 336 g/mol. The second kappa shape index (κ2) is 7.63. The van der Waals surface area contributed by atoms with Crippen LogP contribution >= 0.6 is 23.7 Å². The van der Waals surface area contributed by atoms with Crippen molar-refractivity contribution in [1.82, 2.24) is 14.8 Å². The van der Waals surface area contributed by atoms with E-state index in [2.05, 4.69) is 9.88 Å². The first-order valence-electron chi connectivity index (χ1n) is 7.12. The van der Waals surface area contributed by atoms with Crippen LogP contribution in [0.3, 0.4) is 0 Å². The van der Waals surface area contributed by atoms with Crippen LogP contribution in [0.15, 0.2) is 30.5 Å². The SMILES string of the molecule is Cl.Nc1ncc(CN2CCN(C(=O)c3cccc(O)c3)CC2)s1. The average Bonchev–Trinajstić information content (AvgIpc) is 2.92. The van der Waals surface area contributed by atoms with Gasteiger partial charge in [0.25, 0.3) is 5.91 Å². The average molecular weight is 355 g/mol. The smallest absolute Gasteiger partial charge is 0.254 e. The summed E-state index contributed by atoms with van der Waals surface area (Å²) in [7, 11) is 0. The quantitative estimate of drug-likeness (QED) is 0.878. The van der Waals surface area contributed by atoms with Gasteiger partial charge in [-0.2, -0.15) is 0 Å². The molecule has 2 heterocycles. The number of nitrogen functional groups attached to an aromatic ring is 1. The lowest BCUT2D eigenvalue weighted by Crippen LogP contribution is -2.48. The maximum atomic E-state index is 12.4. The topological polar surface area (TPSA) is 82.7 Å². The number of hydrogen-bond acceptors (Lipinski definition) is 6. The molecule has 1 aromatic carbocycles. The molecule has 1 fully saturated rings. The molecule has 0 spiro atoms. The Labute approximate surface area is 145 Å². The lowest BCUT2D eigenvalue weighted by atomic mass is 10.1. The zero-order valence-corrected chi connectivity index (χ0v) is 14.1. The lowest BCUT2D eigenvalue weighted by Gasteiger charge is -2.34. The van der Waals surface area contributed by atoms with Gasteiger partial charge in [0.05, 0.1) is 0 Å². The first kappa shape index (κ1) is 17.5. The molecular formula is C15H19ClN4O2S. The molecule has 0 bridgehead atoms. The van der Waals surface area contributed by atoms with E-state index in [1.807, 2.05) is 11.1 Å². The molecule has 1 saturated heterocycles. The number of aromatic hydroxyl groups is 1. The molecule has 8 heteroatoms. The second-order valence-electron chi connectivity index (χ2n) is 5.28. The fourth-order valence-electron chi connectivity index (χ4n) is 2.55. The maximum Gasteiger partial charge on any atom is 0.254 e. The molecule has 124 valence electrons. The zero-order chi connectivity index (χ0) is 15.5. The monoisotopic (exact) mass is 354 g/mol. The maximum absolute atomic E-state index is 12.4. The minimum atomic E-state index is -0.0300. The first-order chi connectivity index (χ1) is 10.6.